The van der Waals surface area contributed by atoms with Gasteiger partial charge in [0.2, 0.25) is 0 Å². The third kappa shape index (κ3) is 5.25. The molecule has 0 bridgehead atoms. The second-order valence-electron chi connectivity index (χ2n) is 9.00. The monoisotopic (exact) mass is 441 g/mol. The quantitative estimate of drug-likeness (QED) is 0.565. The molecule has 1 amide bonds. The largest absolute Gasteiger partial charge is 0.490 e. The van der Waals surface area contributed by atoms with Crippen LogP contribution in [-0.4, -0.2) is 59.0 Å². The zero-order chi connectivity index (χ0) is 22.5. The average Bonchev–Trinajstić information content (AvgIpc) is 2.90. The number of rotatable bonds is 5. The molecule has 0 unspecified atom stereocenters. The molecule has 3 aromatic rings. The summed E-state index contributed by atoms with van der Waals surface area (Å²) in [6, 6.07) is 22.7. The summed E-state index contributed by atoms with van der Waals surface area (Å²) in [5.74, 6) is 1.06. The Labute approximate surface area is 196 Å². The van der Waals surface area contributed by atoms with E-state index in [1.807, 2.05) is 59.5 Å². The van der Waals surface area contributed by atoms with Crippen LogP contribution in [0.2, 0.25) is 0 Å². The summed E-state index contributed by atoms with van der Waals surface area (Å²) in [6.07, 6.45) is 8.02. The van der Waals surface area contributed by atoms with Gasteiger partial charge in [-0.2, -0.15) is 0 Å². The normalized spacial score (nSPS) is 18.2. The fourth-order valence-corrected chi connectivity index (χ4v) is 5.02. The van der Waals surface area contributed by atoms with E-state index in [2.05, 4.69) is 22.0 Å². The molecule has 0 atom stereocenters. The van der Waals surface area contributed by atoms with Crippen molar-refractivity contribution < 1.29 is 9.53 Å². The molecule has 0 aliphatic carbocycles. The Kier molecular flexibility index (Phi) is 6.68. The first-order valence-corrected chi connectivity index (χ1v) is 12.0. The van der Waals surface area contributed by atoms with Crippen molar-refractivity contribution in [3.8, 4) is 16.9 Å². The van der Waals surface area contributed by atoms with Gasteiger partial charge in [-0.1, -0.05) is 42.5 Å². The molecule has 2 aliphatic heterocycles. The molecule has 33 heavy (non-hydrogen) atoms. The van der Waals surface area contributed by atoms with Crippen molar-refractivity contribution >= 4 is 5.91 Å². The van der Waals surface area contributed by atoms with Crippen LogP contribution in [0.3, 0.4) is 0 Å². The lowest BCUT2D eigenvalue weighted by atomic mass is 9.98. The molecular weight excluding hydrogens is 410 g/mol. The molecule has 2 fully saturated rings. The molecule has 170 valence electrons. The van der Waals surface area contributed by atoms with Crippen molar-refractivity contribution in [1.29, 1.82) is 0 Å². The average molecular weight is 442 g/mol. The number of nitrogens with zero attached hydrogens (tertiary/aromatic N) is 3. The number of aromatic nitrogens is 1. The third-order valence-electron chi connectivity index (χ3n) is 6.94. The predicted octanol–water partition coefficient (Wildman–Crippen LogP) is 4.90. The Bertz CT molecular complexity index is 1020. The molecule has 0 radical (unpaired) electrons. The van der Waals surface area contributed by atoms with Gasteiger partial charge in [0.1, 0.15) is 11.9 Å². The van der Waals surface area contributed by atoms with E-state index in [-0.39, 0.29) is 12.0 Å². The summed E-state index contributed by atoms with van der Waals surface area (Å²) in [6.45, 7) is 3.79. The molecule has 5 nitrogen and oxygen atoms in total. The van der Waals surface area contributed by atoms with E-state index in [9.17, 15) is 4.79 Å². The highest BCUT2D eigenvalue weighted by atomic mass is 16.5. The van der Waals surface area contributed by atoms with E-state index in [0.717, 1.165) is 68.7 Å². The summed E-state index contributed by atoms with van der Waals surface area (Å²) < 4.78 is 6.11. The van der Waals surface area contributed by atoms with Crippen molar-refractivity contribution in [2.75, 3.05) is 26.2 Å². The van der Waals surface area contributed by atoms with E-state index in [0.29, 0.717) is 6.04 Å². The second-order valence-corrected chi connectivity index (χ2v) is 9.00. The number of ether oxygens (including phenoxy) is 1. The van der Waals surface area contributed by atoms with Gasteiger partial charge in [-0.15, -0.1) is 0 Å². The van der Waals surface area contributed by atoms with Crippen molar-refractivity contribution in [3.63, 3.8) is 0 Å². The maximum Gasteiger partial charge on any atom is 0.253 e. The van der Waals surface area contributed by atoms with Crippen LogP contribution in [0.4, 0.5) is 0 Å². The standard InChI is InChI=1S/C28H31N3O2/c32-28(24-8-6-23(7-9-24)22-4-2-1-3-5-22)31-18-12-25(13-19-31)30-20-14-27(15-21-30)33-26-10-16-29-17-11-26/h1-11,16-17,25,27H,12-15,18-21H2. The number of carbonyl (C=O) groups excluding carboxylic acids is 1. The lowest BCUT2D eigenvalue weighted by Gasteiger charge is -2.41. The fraction of sp³-hybridized carbons (Fsp3) is 0.357. The van der Waals surface area contributed by atoms with Gasteiger partial charge in [-0.25, -0.2) is 0 Å². The van der Waals surface area contributed by atoms with E-state index in [1.54, 1.807) is 12.4 Å². The topological polar surface area (TPSA) is 45.7 Å². The molecule has 2 aromatic carbocycles. The minimum atomic E-state index is 0.150. The van der Waals surface area contributed by atoms with E-state index >= 15 is 0 Å². The number of likely N-dealkylation sites (tertiary alicyclic amines) is 2. The van der Waals surface area contributed by atoms with Crippen molar-refractivity contribution in [2.24, 2.45) is 0 Å². The number of hydrogen-bond donors (Lipinski definition) is 0. The lowest BCUT2D eigenvalue weighted by Crippen LogP contribution is -2.50. The van der Waals surface area contributed by atoms with Crippen LogP contribution in [0.5, 0.6) is 5.75 Å². The number of carbonyl (C=O) groups is 1. The van der Waals surface area contributed by atoms with Crippen LogP contribution < -0.4 is 4.74 Å². The molecule has 2 saturated heterocycles. The van der Waals surface area contributed by atoms with E-state index < -0.39 is 0 Å². The minimum absolute atomic E-state index is 0.150. The molecule has 5 rings (SSSR count). The van der Waals surface area contributed by atoms with Crippen LogP contribution in [-0.2, 0) is 0 Å². The maximum atomic E-state index is 13.0. The summed E-state index contributed by atoms with van der Waals surface area (Å²) >= 11 is 0. The Balaban J connectivity index is 1.10. The number of pyridine rings is 1. The van der Waals surface area contributed by atoms with Crippen molar-refractivity contribution in [1.82, 2.24) is 14.8 Å². The minimum Gasteiger partial charge on any atom is -0.490 e. The second kappa shape index (κ2) is 10.2. The molecule has 0 saturated carbocycles. The van der Waals surface area contributed by atoms with Crippen LogP contribution >= 0.6 is 0 Å². The summed E-state index contributed by atoms with van der Waals surface area (Å²) in [4.78, 5) is 21.7. The predicted molar refractivity (Wildman–Crippen MR) is 130 cm³/mol. The van der Waals surface area contributed by atoms with Gasteiger partial charge in [0, 0.05) is 50.2 Å². The molecule has 3 heterocycles. The lowest BCUT2D eigenvalue weighted by molar-refractivity contribution is 0.0425. The van der Waals surface area contributed by atoms with Crippen molar-refractivity contribution in [3.05, 3.63) is 84.7 Å². The van der Waals surface area contributed by atoms with Gasteiger partial charge in [-0.3, -0.25) is 14.7 Å². The highest BCUT2D eigenvalue weighted by Crippen LogP contribution is 2.25. The summed E-state index contributed by atoms with van der Waals surface area (Å²) in [5.41, 5.74) is 3.09. The van der Waals surface area contributed by atoms with Crippen LogP contribution in [0.25, 0.3) is 11.1 Å². The highest BCUT2D eigenvalue weighted by Gasteiger charge is 2.30. The first-order chi connectivity index (χ1) is 16.3. The van der Waals surface area contributed by atoms with Gasteiger partial charge < -0.3 is 9.64 Å². The number of hydrogen-bond acceptors (Lipinski definition) is 4. The smallest absolute Gasteiger partial charge is 0.253 e. The van der Waals surface area contributed by atoms with Crippen LogP contribution in [0.1, 0.15) is 36.0 Å². The first kappa shape index (κ1) is 21.7. The Morgan fingerprint density at radius 3 is 2.06 bits per heavy atom. The molecule has 0 spiro atoms. The molecule has 5 heteroatoms. The zero-order valence-corrected chi connectivity index (χ0v) is 19.0. The summed E-state index contributed by atoms with van der Waals surface area (Å²) in [5, 5.41) is 0. The van der Waals surface area contributed by atoms with E-state index in [1.165, 1.54) is 5.56 Å². The fourth-order valence-electron chi connectivity index (χ4n) is 5.02. The first-order valence-electron chi connectivity index (χ1n) is 12.0. The molecule has 1 aromatic heterocycles. The Morgan fingerprint density at radius 2 is 1.39 bits per heavy atom. The number of benzene rings is 2. The van der Waals surface area contributed by atoms with Crippen molar-refractivity contribution in [2.45, 2.75) is 37.8 Å². The van der Waals surface area contributed by atoms with Gasteiger partial charge >= 0.3 is 0 Å². The Morgan fingerprint density at radius 1 is 0.758 bits per heavy atom. The molecule has 0 N–H and O–H groups in total. The number of amides is 1. The maximum absolute atomic E-state index is 13.0. The Hall–Kier alpha value is -3.18. The zero-order valence-electron chi connectivity index (χ0n) is 19.0. The molecule has 2 aliphatic rings. The van der Waals surface area contributed by atoms with Crippen LogP contribution in [0.15, 0.2) is 79.1 Å². The van der Waals surface area contributed by atoms with Gasteiger partial charge in [0.25, 0.3) is 5.91 Å². The van der Waals surface area contributed by atoms with Gasteiger partial charge in [-0.05, 0) is 61.1 Å². The highest BCUT2D eigenvalue weighted by molar-refractivity contribution is 5.94. The summed E-state index contributed by atoms with van der Waals surface area (Å²) in [7, 11) is 0. The third-order valence-corrected chi connectivity index (χ3v) is 6.94. The van der Waals surface area contributed by atoms with Gasteiger partial charge in [0.05, 0.1) is 0 Å². The van der Waals surface area contributed by atoms with Gasteiger partial charge in [0.15, 0.2) is 0 Å². The SMILES string of the molecule is O=C(c1ccc(-c2ccccc2)cc1)N1CCC(N2CCC(Oc3ccncc3)CC2)CC1. The molecular formula is C28H31N3O2. The van der Waals surface area contributed by atoms with E-state index in [4.69, 9.17) is 4.74 Å². The van der Waals surface area contributed by atoms with Crippen LogP contribution in [0, 0.1) is 0 Å². The number of piperidine rings is 2.